The average molecular weight is 180 g/mol. The second-order valence-electron chi connectivity index (χ2n) is 2.36. The number of carbonyl (C=O) groups excluding carboxylic acids is 2. The number of hydrogen-bond donors (Lipinski definition) is 0. The van der Waals surface area contributed by atoms with Crippen molar-refractivity contribution in [2.75, 3.05) is 0 Å². The number of hydrogen-bond acceptors (Lipinski definition) is 4. The minimum atomic E-state index is -0.618. The summed E-state index contributed by atoms with van der Waals surface area (Å²) in [5, 5.41) is 0. The van der Waals surface area contributed by atoms with Crippen LogP contribution in [0.5, 0.6) is 5.75 Å². The van der Waals surface area contributed by atoms with Crippen molar-refractivity contribution in [3.05, 3.63) is 30.2 Å². The third-order valence-corrected chi connectivity index (χ3v) is 1.42. The first kappa shape index (κ1) is 9.25. The van der Waals surface area contributed by atoms with E-state index in [0.717, 1.165) is 6.08 Å². The topological polar surface area (TPSA) is 56.5 Å². The molecule has 0 aliphatic carbocycles. The zero-order valence-electron chi connectivity index (χ0n) is 7.07. The Labute approximate surface area is 74.8 Å². The van der Waals surface area contributed by atoms with E-state index in [-0.39, 0.29) is 11.5 Å². The lowest BCUT2D eigenvalue weighted by atomic mass is 10.3. The molecule has 0 atom stereocenters. The maximum Gasteiger partial charge on any atom is 0.335 e. The molecule has 0 amide bonds. The van der Waals surface area contributed by atoms with Gasteiger partial charge in [0.15, 0.2) is 12.0 Å². The number of esters is 1. The number of aldehydes is 1. The van der Waals surface area contributed by atoms with Gasteiger partial charge < -0.3 is 9.15 Å². The highest BCUT2D eigenvalue weighted by Gasteiger charge is 2.13. The van der Waals surface area contributed by atoms with Crippen molar-refractivity contribution in [2.45, 2.75) is 6.92 Å². The van der Waals surface area contributed by atoms with Crippen LogP contribution in [0, 0.1) is 6.92 Å². The fourth-order valence-corrected chi connectivity index (χ4v) is 0.808. The van der Waals surface area contributed by atoms with Crippen LogP contribution in [0.25, 0.3) is 0 Å². The van der Waals surface area contributed by atoms with E-state index >= 15 is 0 Å². The molecule has 1 aromatic rings. The van der Waals surface area contributed by atoms with Gasteiger partial charge in [0.05, 0.1) is 6.26 Å². The Kier molecular flexibility index (Phi) is 2.64. The summed E-state index contributed by atoms with van der Waals surface area (Å²) in [6, 6.07) is 0. The van der Waals surface area contributed by atoms with Gasteiger partial charge in [-0.05, 0) is 6.92 Å². The van der Waals surface area contributed by atoms with Crippen LogP contribution in [0.4, 0.5) is 0 Å². The molecular weight excluding hydrogens is 172 g/mol. The summed E-state index contributed by atoms with van der Waals surface area (Å²) >= 11 is 0. The molecule has 0 bridgehead atoms. The van der Waals surface area contributed by atoms with Crippen LogP contribution in [-0.2, 0) is 4.79 Å². The predicted molar refractivity (Wildman–Crippen MR) is 44.7 cm³/mol. The number of ether oxygens (including phenoxy) is 1. The van der Waals surface area contributed by atoms with Gasteiger partial charge in [-0.2, -0.15) is 0 Å². The van der Waals surface area contributed by atoms with Crippen molar-refractivity contribution in [1.29, 1.82) is 0 Å². The summed E-state index contributed by atoms with van der Waals surface area (Å²) in [5.74, 6) is -0.458. The van der Waals surface area contributed by atoms with Crippen LogP contribution in [0.15, 0.2) is 23.3 Å². The first-order valence-electron chi connectivity index (χ1n) is 3.56. The quantitative estimate of drug-likeness (QED) is 0.401. The highest BCUT2D eigenvalue weighted by molar-refractivity contribution is 5.86. The Morgan fingerprint density at radius 1 is 1.69 bits per heavy atom. The van der Waals surface area contributed by atoms with Gasteiger partial charge in [-0.25, -0.2) is 4.79 Å². The Hall–Kier alpha value is -1.84. The van der Waals surface area contributed by atoms with E-state index in [4.69, 9.17) is 9.15 Å². The summed E-state index contributed by atoms with van der Waals surface area (Å²) in [6.45, 7) is 4.90. The fourth-order valence-electron chi connectivity index (χ4n) is 0.808. The van der Waals surface area contributed by atoms with Crippen molar-refractivity contribution < 1.29 is 18.7 Å². The maximum atomic E-state index is 10.8. The van der Waals surface area contributed by atoms with Gasteiger partial charge in [0.2, 0.25) is 5.76 Å². The molecule has 1 rings (SSSR count). The monoisotopic (exact) mass is 180 g/mol. The molecule has 0 saturated heterocycles. The van der Waals surface area contributed by atoms with E-state index in [1.165, 1.54) is 6.26 Å². The van der Waals surface area contributed by atoms with Gasteiger partial charge in [-0.1, -0.05) is 6.58 Å². The Bertz CT molecular complexity index is 348. The highest BCUT2D eigenvalue weighted by Crippen LogP contribution is 2.23. The van der Waals surface area contributed by atoms with Crippen LogP contribution in [0.1, 0.15) is 16.1 Å². The summed E-state index contributed by atoms with van der Waals surface area (Å²) in [4.78, 5) is 21.2. The molecule has 0 radical (unpaired) electrons. The van der Waals surface area contributed by atoms with Crippen LogP contribution in [0.3, 0.4) is 0 Å². The standard InChI is InChI=1S/C9H8O4/c1-3-8(11)13-9-6(2)5-12-7(9)4-10/h3-5H,1H2,2H3. The molecule has 13 heavy (non-hydrogen) atoms. The smallest absolute Gasteiger partial charge is 0.335 e. The molecule has 1 aromatic heterocycles. The first-order chi connectivity index (χ1) is 6.19. The van der Waals surface area contributed by atoms with Crippen molar-refractivity contribution >= 4 is 12.3 Å². The number of furan rings is 1. The molecule has 4 nitrogen and oxygen atoms in total. The van der Waals surface area contributed by atoms with Crippen molar-refractivity contribution in [2.24, 2.45) is 0 Å². The van der Waals surface area contributed by atoms with Gasteiger partial charge in [-0.15, -0.1) is 0 Å². The third kappa shape index (κ3) is 1.84. The number of aryl methyl sites for hydroxylation is 1. The van der Waals surface area contributed by atoms with Crippen LogP contribution < -0.4 is 4.74 Å². The zero-order valence-corrected chi connectivity index (χ0v) is 7.07. The molecule has 0 unspecified atom stereocenters. The van der Waals surface area contributed by atoms with Gasteiger partial charge in [-0.3, -0.25) is 4.79 Å². The fraction of sp³-hybridized carbons (Fsp3) is 0.111. The van der Waals surface area contributed by atoms with E-state index in [0.29, 0.717) is 11.8 Å². The Balaban J connectivity index is 2.97. The van der Waals surface area contributed by atoms with Gasteiger partial charge in [0, 0.05) is 11.6 Å². The maximum absolute atomic E-state index is 10.8. The lowest BCUT2D eigenvalue weighted by Crippen LogP contribution is -2.04. The van der Waals surface area contributed by atoms with Gasteiger partial charge in [0.1, 0.15) is 0 Å². The molecule has 4 heteroatoms. The predicted octanol–water partition coefficient (Wildman–Crippen LogP) is 1.49. The van der Waals surface area contributed by atoms with E-state index in [2.05, 4.69) is 6.58 Å². The van der Waals surface area contributed by atoms with Crippen LogP contribution in [0.2, 0.25) is 0 Å². The van der Waals surface area contributed by atoms with Gasteiger partial charge >= 0.3 is 5.97 Å². The van der Waals surface area contributed by atoms with Gasteiger partial charge in [0.25, 0.3) is 0 Å². The van der Waals surface area contributed by atoms with E-state index in [1.807, 2.05) is 0 Å². The van der Waals surface area contributed by atoms with Crippen molar-refractivity contribution in [3.63, 3.8) is 0 Å². The largest absolute Gasteiger partial charge is 0.457 e. The normalized spacial score (nSPS) is 9.31. The Morgan fingerprint density at radius 2 is 2.38 bits per heavy atom. The van der Waals surface area contributed by atoms with Crippen LogP contribution in [-0.4, -0.2) is 12.3 Å². The number of rotatable bonds is 3. The molecule has 0 aliphatic rings. The number of carbonyl (C=O) groups is 2. The molecule has 0 N–H and O–H groups in total. The van der Waals surface area contributed by atoms with Crippen molar-refractivity contribution in [1.82, 2.24) is 0 Å². The summed E-state index contributed by atoms with van der Waals surface area (Å²) in [7, 11) is 0. The Morgan fingerprint density at radius 3 is 2.92 bits per heavy atom. The second kappa shape index (κ2) is 3.71. The molecule has 0 aliphatic heterocycles. The third-order valence-electron chi connectivity index (χ3n) is 1.42. The molecule has 0 aromatic carbocycles. The minimum Gasteiger partial charge on any atom is -0.457 e. The summed E-state index contributed by atoms with van der Waals surface area (Å²) in [5.41, 5.74) is 0.595. The van der Waals surface area contributed by atoms with Crippen LogP contribution >= 0.6 is 0 Å². The lowest BCUT2D eigenvalue weighted by Gasteiger charge is -1.98. The molecule has 1 heterocycles. The molecule has 0 saturated carbocycles. The molecule has 0 spiro atoms. The molecule has 68 valence electrons. The highest BCUT2D eigenvalue weighted by atomic mass is 16.5. The molecular formula is C9H8O4. The average Bonchev–Trinajstić information content (AvgIpc) is 2.48. The van der Waals surface area contributed by atoms with E-state index in [1.54, 1.807) is 6.92 Å². The first-order valence-corrected chi connectivity index (χ1v) is 3.56. The zero-order chi connectivity index (χ0) is 9.84. The van der Waals surface area contributed by atoms with E-state index < -0.39 is 5.97 Å². The SMILES string of the molecule is C=CC(=O)Oc1c(C)coc1C=O. The van der Waals surface area contributed by atoms with Crippen molar-refractivity contribution in [3.8, 4) is 5.75 Å². The minimum absolute atomic E-state index is 0.00713. The summed E-state index contributed by atoms with van der Waals surface area (Å²) < 4.78 is 9.58. The van der Waals surface area contributed by atoms with E-state index in [9.17, 15) is 9.59 Å². The summed E-state index contributed by atoms with van der Waals surface area (Å²) in [6.07, 6.45) is 2.84. The molecule has 0 fully saturated rings. The lowest BCUT2D eigenvalue weighted by molar-refractivity contribution is -0.129. The second-order valence-corrected chi connectivity index (χ2v) is 2.36.